The molecule has 0 unspecified atom stereocenters. The molecule has 1 saturated carbocycles. The number of hydrogen-bond acceptors (Lipinski definition) is 2. The van der Waals surface area contributed by atoms with Crippen LogP contribution < -0.4 is 0 Å². The van der Waals surface area contributed by atoms with Crippen molar-refractivity contribution in [3.63, 3.8) is 0 Å². The Morgan fingerprint density at radius 3 is 2.50 bits per heavy atom. The maximum atomic E-state index is 8.82. The quantitative estimate of drug-likeness (QED) is 0.721. The van der Waals surface area contributed by atoms with Gasteiger partial charge < -0.3 is 4.74 Å². The normalized spacial score (nSPS) is 22.6. The van der Waals surface area contributed by atoms with Crippen LogP contribution in [0.15, 0.2) is 36.6 Å². The molecule has 0 N–H and O–H groups in total. The molecule has 0 bridgehead atoms. The average molecular weight is 269 g/mol. The van der Waals surface area contributed by atoms with Crippen molar-refractivity contribution in [2.45, 2.75) is 44.9 Å². The third-order valence-electron chi connectivity index (χ3n) is 4.12. The van der Waals surface area contributed by atoms with E-state index in [4.69, 9.17) is 10.00 Å². The second-order valence-electron chi connectivity index (χ2n) is 5.56. The van der Waals surface area contributed by atoms with E-state index >= 15 is 0 Å². The van der Waals surface area contributed by atoms with Gasteiger partial charge in [0.25, 0.3) is 0 Å². The van der Waals surface area contributed by atoms with Crippen LogP contribution in [0.1, 0.15) is 56.1 Å². The predicted molar refractivity (Wildman–Crippen MR) is 81.2 cm³/mol. The number of nitriles is 1. The smallest absolute Gasteiger partial charge is 0.0991 e. The molecule has 2 heteroatoms. The second kappa shape index (κ2) is 7.75. The molecular weight excluding hydrogens is 246 g/mol. The van der Waals surface area contributed by atoms with Crippen LogP contribution in [0.2, 0.25) is 0 Å². The van der Waals surface area contributed by atoms with Crippen molar-refractivity contribution in [1.29, 1.82) is 5.26 Å². The van der Waals surface area contributed by atoms with Crippen LogP contribution in [0.4, 0.5) is 0 Å². The van der Waals surface area contributed by atoms with E-state index in [0.717, 1.165) is 18.6 Å². The summed E-state index contributed by atoms with van der Waals surface area (Å²) in [6, 6.07) is 10.3. The van der Waals surface area contributed by atoms with Gasteiger partial charge in [-0.05, 0) is 61.6 Å². The summed E-state index contributed by atoms with van der Waals surface area (Å²) in [6.07, 6.45) is 9.88. The molecular formula is C18H23NO. The standard InChI is InChI=1S/C18H23NO/c1-2-3-12-20-14-16-6-10-18(11-7-16)17-8-4-15(13-19)5-9-17/h3-5,8-9,12,16,18H,2,6-7,10-11,14H2,1H3/b12-3+. The van der Waals surface area contributed by atoms with Gasteiger partial charge >= 0.3 is 0 Å². The highest BCUT2D eigenvalue weighted by Gasteiger charge is 2.22. The Labute approximate surface area is 122 Å². The number of ether oxygens (including phenoxy) is 1. The van der Waals surface area contributed by atoms with Gasteiger partial charge in [0.1, 0.15) is 0 Å². The van der Waals surface area contributed by atoms with E-state index in [9.17, 15) is 0 Å². The Morgan fingerprint density at radius 2 is 1.90 bits per heavy atom. The van der Waals surface area contributed by atoms with Crippen LogP contribution >= 0.6 is 0 Å². The molecule has 0 amide bonds. The van der Waals surface area contributed by atoms with Gasteiger partial charge in [0.2, 0.25) is 0 Å². The summed E-state index contributed by atoms with van der Waals surface area (Å²) in [4.78, 5) is 0. The molecule has 0 aromatic heterocycles. The van der Waals surface area contributed by atoms with Crippen molar-refractivity contribution in [2.75, 3.05) is 6.61 Å². The minimum atomic E-state index is 0.658. The SMILES string of the molecule is CC/C=C/OCC1CCC(c2ccc(C#N)cc2)CC1. The van der Waals surface area contributed by atoms with Crippen LogP contribution in [0, 0.1) is 17.2 Å². The lowest BCUT2D eigenvalue weighted by atomic mass is 9.79. The van der Waals surface area contributed by atoms with E-state index in [1.165, 1.54) is 31.2 Å². The molecule has 2 rings (SSSR count). The van der Waals surface area contributed by atoms with Gasteiger partial charge in [-0.25, -0.2) is 0 Å². The number of hydrogen-bond donors (Lipinski definition) is 0. The van der Waals surface area contributed by atoms with E-state index in [1.807, 2.05) is 18.4 Å². The highest BCUT2D eigenvalue weighted by molar-refractivity contribution is 5.33. The zero-order chi connectivity index (χ0) is 14.2. The van der Waals surface area contributed by atoms with Crippen molar-refractivity contribution < 1.29 is 4.74 Å². The zero-order valence-corrected chi connectivity index (χ0v) is 12.2. The molecule has 1 aromatic rings. The first-order chi connectivity index (χ1) is 9.83. The predicted octanol–water partition coefficient (Wildman–Crippen LogP) is 4.77. The fourth-order valence-electron chi connectivity index (χ4n) is 2.85. The second-order valence-corrected chi connectivity index (χ2v) is 5.56. The van der Waals surface area contributed by atoms with Gasteiger partial charge in [-0.15, -0.1) is 0 Å². The Kier molecular flexibility index (Phi) is 5.68. The Morgan fingerprint density at radius 1 is 1.20 bits per heavy atom. The summed E-state index contributed by atoms with van der Waals surface area (Å²) in [7, 11) is 0. The molecule has 0 heterocycles. The lowest BCUT2D eigenvalue weighted by Gasteiger charge is -2.28. The van der Waals surface area contributed by atoms with Gasteiger partial charge in [-0.3, -0.25) is 0 Å². The number of nitrogens with zero attached hydrogens (tertiary/aromatic N) is 1. The van der Waals surface area contributed by atoms with E-state index in [-0.39, 0.29) is 0 Å². The van der Waals surface area contributed by atoms with E-state index < -0.39 is 0 Å². The third-order valence-corrected chi connectivity index (χ3v) is 4.12. The van der Waals surface area contributed by atoms with E-state index in [0.29, 0.717) is 11.8 Å². The summed E-state index contributed by atoms with van der Waals surface area (Å²) in [5.74, 6) is 1.36. The third kappa shape index (κ3) is 4.13. The van der Waals surface area contributed by atoms with Crippen molar-refractivity contribution in [3.8, 4) is 6.07 Å². The summed E-state index contributed by atoms with van der Waals surface area (Å²) in [5.41, 5.74) is 2.13. The summed E-state index contributed by atoms with van der Waals surface area (Å²) in [5, 5.41) is 8.82. The van der Waals surface area contributed by atoms with Crippen molar-refractivity contribution in [2.24, 2.45) is 5.92 Å². The maximum Gasteiger partial charge on any atom is 0.0991 e. The van der Waals surface area contributed by atoms with Gasteiger partial charge in [-0.2, -0.15) is 5.26 Å². The monoisotopic (exact) mass is 269 g/mol. The number of benzene rings is 1. The zero-order valence-electron chi connectivity index (χ0n) is 12.2. The minimum absolute atomic E-state index is 0.658. The highest BCUT2D eigenvalue weighted by Crippen LogP contribution is 2.35. The molecule has 0 saturated heterocycles. The average Bonchev–Trinajstić information content (AvgIpc) is 2.52. The molecule has 1 fully saturated rings. The molecule has 106 valence electrons. The first-order valence-corrected chi connectivity index (χ1v) is 7.60. The molecule has 0 radical (unpaired) electrons. The topological polar surface area (TPSA) is 33.0 Å². The molecule has 0 spiro atoms. The number of rotatable bonds is 5. The molecule has 1 aliphatic rings. The highest BCUT2D eigenvalue weighted by atomic mass is 16.5. The van der Waals surface area contributed by atoms with Gasteiger partial charge in [-0.1, -0.05) is 25.1 Å². The van der Waals surface area contributed by atoms with Crippen LogP contribution in [0.5, 0.6) is 0 Å². The van der Waals surface area contributed by atoms with Gasteiger partial charge in [0.05, 0.1) is 24.5 Å². The Balaban J connectivity index is 1.78. The van der Waals surface area contributed by atoms with E-state index in [2.05, 4.69) is 31.2 Å². The molecule has 2 nitrogen and oxygen atoms in total. The lowest BCUT2D eigenvalue weighted by Crippen LogP contribution is -2.17. The van der Waals surface area contributed by atoms with Crippen molar-refractivity contribution in [1.82, 2.24) is 0 Å². The largest absolute Gasteiger partial charge is 0.501 e. The maximum absolute atomic E-state index is 8.82. The summed E-state index contributed by atoms with van der Waals surface area (Å²) >= 11 is 0. The first-order valence-electron chi connectivity index (χ1n) is 7.60. The summed E-state index contributed by atoms with van der Waals surface area (Å²) < 4.78 is 5.57. The Hall–Kier alpha value is -1.75. The molecule has 1 aliphatic carbocycles. The summed E-state index contributed by atoms with van der Waals surface area (Å²) in [6.45, 7) is 2.97. The molecule has 1 aromatic carbocycles. The molecule has 20 heavy (non-hydrogen) atoms. The van der Waals surface area contributed by atoms with Crippen LogP contribution in [-0.4, -0.2) is 6.61 Å². The van der Waals surface area contributed by atoms with Crippen LogP contribution in [0.25, 0.3) is 0 Å². The van der Waals surface area contributed by atoms with Gasteiger partial charge in [0, 0.05) is 0 Å². The fourth-order valence-corrected chi connectivity index (χ4v) is 2.85. The van der Waals surface area contributed by atoms with Crippen LogP contribution in [0.3, 0.4) is 0 Å². The number of allylic oxidation sites excluding steroid dienone is 1. The first kappa shape index (κ1) is 14.7. The minimum Gasteiger partial charge on any atom is -0.501 e. The van der Waals surface area contributed by atoms with Crippen LogP contribution in [-0.2, 0) is 4.74 Å². The molecule has 0 atom stereocenters. The lowest BCUT2D eigenvalue weighted by molar-refractivity contribution is 0.159. The Bertz CT molecular complexity index is 461. The van der Waals surface area contributed by atoms with Gasteiger partial charge in [0.15, 0.2) is 0 Å². The van der Waals surface area contributed by atoms with E-state index in [1.54, 1.807) is 0 Å². The molecule has 0 aliphatic heterocycles. The van der Waals surface area contributed by atoms with Crippen molar-refractivity contribution in [3.05, 3.63) is 47.7 Å². The fraction of sp³-hybridized carbons (Fsp3) is 0.500. The van der Waals surface area contributed by atoms with Crippen molar-refractivity contribution >= 4 is 0 Å².